The van der Waals surface area contributed by atoms with Crippen LogP contribution in [0.2, 0.25) is 5.28 Å². The lowest BCUT2D eigenvalue weighted by molar-refractivity contribution is 0.0177. The quantitative estimate of drug-likeness (QED) is 0.311. The summed E-state index contributed by atoms with van der Waals surface area (Å²) in [5, 5.41) is 1.25. The SMILES string of the molecule is Cc1cc(-c2nc(Cl)nc3c2ccn3C2CCOCC2)ccc1OCCC1CCN(C(=O)OC(C)(C)C)CC1. The Hall–Kier alpha value is -2.84. The molecule has 9 heteroatoms. The Balaban J connectivity index is 1.20. The highest BCUT2D eigenvalue weighted by Crippen LogP contribution is 2.34. The standard InChI is InChI=1S/C30H39ClN4O4/c1-20-19-22(26-24-9-15-35(23-11-16-37-17-12-23)27(24)33-28(31)32-26)5-6-25(20)38-18-10-21-7-13-34(14-8-21)29(36)39-30(2,3)4/h5-6,9,15,19,21,23H,7-8,10-14,16-18H2,1-4H3. The zero-order chi connectivity index (χ0) is 27.6. The molecule has 2 aliphatic rings. The molecule has 1 aromatic carbocycles. The first-order chi connectivity index (χ1) is 18.7. The molecule has 3 aromatic rings. The Morgan fingerprint density at radius 1 is 1.10 bits per heavy atom. The number of aromatic nitrogens is 3. The number of aryl methyl sites for hydroxylation is 1. The molecule has 0 bridgehead atoms. The molecule has 4 heterocycles. The molecule has 0 aliphatic carbocycles. The second-order valence-corrected chi connectivity index (χ2v) is 12.0. The molecule has 2 fully saturated rings. The van der Waals surface area contributed by atoms with Crippen LogP contribution in [0.15, 0.2) is 30.5 Å². The van der Waals surface area contributed by atoms with Crippen molar-refractivity contribution in [1.82, 2.24) is 19.4 Å². The van der Waals surface area contributed by atoms with Crippen molar-refractivity contribution in [3.8, 4) is 17.0 Å². The molecule has 1 amide bonds. The second kappa shape index (κ2) is 11.7. The van der Waals surface area contributed by atoms with Crippen molar-refractivity contribution in [3.63, 3.8) is 0 Å². The van der Waals surface area contributed by atoms with Gasteiger partial charge in [-0.1, -0.05) is 0 Å². The number of hydrogen-bond acceptors (Lipinski definition) is 6. The van der Waals surface area contributed by atoms with Gasteiger partial charge in [-0.2, -0.15) is 4.98 Å². The van der Waals surface area contributed by atoms with Crippen molar-refractivity contribution in [3.05, 3.63) is 41.3 Å². The Morgan fingerprint density at radius 2 is 1.85 bits per heavy atom. The number of rotatable bonds is 6. The summed E-state index contributed by atoms with van der Waals surface area (Å²) in [4.78, 5) is 23.3. The van der Waals surface area contributed by atoms with E-state index >= 15 is 0 Å². The van der Waals surface area contributed by atoms with Gasteiger partial charge < -0.3 is 23.7 Å². The van der Waals surface area contributed by atoms with E-state index in [1.807, 2.05) is 37.8 Å². The van der Waals surface area contributed by atoms with Gasteiger partial charge in [0, 0.05) is 49.5 Å². The number of nitrogens with zero attached hydrogens (tertiary/aromatic N) is 4. The fourth-order valence-electron chi connectivity index (χ4n) is 5.51. The third-order valence-corrected chi connectivity index (χ3v) is 7.80. The number of fused-ring (bicyclic) bond motifs is 1. The van der Waals surface area contributed by atoms with Crippen molar-refractivity contribution in [2.24, 2.45) is 5.92 Å². The van der Waals surface area contributed by atoms with Gasteiger partial charge in [-0.05, 0) is 107 Å². The van der Waals surface area contributed by atoms with Crippen molar-refractivity contribution < 1.29 is 19.0 Å². The van der Waals surface area contributed by atoms with E-state index in [4.69, 9.17) is 25.8 Å². The molecule has 210 valence electrons. The molecule has 0 atom stereocenters. The molecule has 39 heavy (non-hydrogen) atoms. The number of halogens is 1. The molecular formula is C30H39ClN4O4. The number of ether oxygens (including phenoxy) is 3. The van der Waals surface area contributed by atoms with Crippen LogP contribution in [0.1, 0.15) is 64.5 Å². The Morgan fingerprint density at radius 3 is 2.54 bits per heavy atom. The normalized spacial score (nSPS) is 17.5. The van der Waals surface area contributed by atoms with Gasteiger partial charge >= 0.3 is 6.09 Å². The number of piperidine rings is 1. The number of carbonyl (C=O) groups is 1. The Bertz CT molecular complexity index is 1300. The molecule has 0 spiro atoms. The van der Waals surface area contributed by atoms with Crippen molar-refractivity contribution >= 4 is 28.7 Å². The predicted molar refractivity (Wildman–Crippen MR) is 152 cm³/mol. The van der Waals surface area contributed by atoms with Crippen LogP contribution in [0.5, 0.6) is 5.75 Å². The zero-order valence-corrected chi connectivity index (χ0v) is 24.2. The van der Waals surface area contributed by atoms with Crippen LogP contribution in [0, 0.1) is 12.8 Å². The van der Waals surface area contributed by atoms with Crippen LogP contribution in [-0.4, -0.2) is 64.0 Å². The highest BCUT2D eigenvalue weighted by atomic mass is 35.5. The number of amides is 1. The molecule has 0 radical (unpaired) electrons. The zero-order valence-electron chi connectivity index (χ0n) is 23.4. The first-order valence-electron chi connectivity index (χ1n) is 14.0. The third-order valence-electron chi connectivity index (χ3n) is 7.63. The van der Waals surface area contributed by atoms with Gasteiger partial charge in [-0.15, -0.1) is 0 Å². The highest BCUT2D eigenvalue weighted by molar-refractivity contribution is 6.28. The van der Waals surface area contributed by atoms with Crippen LogP contribution in [-0.2, 0) is 9.47 Å². The van der Waals surface area contributed by atoms with Crippen molar-refractivity contribution in [1.29, 1.82) is 0 Å². The molecular weight excluding hydrogens is 516 g/mol. The summed E-state index contributed by atoms with van der Waals surface area (Å²) in [5.41, 5.74) is 3.29. The Labute approximate surface area is 235 Å². The summed E-state index contributed by atoms with van der Waals surface area (Å²) in [7, 11) is 0. The minimum atomic E-state index is -0.462. The van der Waals surface area contributed by atoms with E-state index in [9.17, 15) is 4.79 Å². The molecule has 8 nitrogen and oxygen atoms in total. The summed E-state index contributed by atoms with van der Waals surface area (Å²) in [6.45, 7) is 11.4. The third kappa shape index (κ3) is 6.67. The van der Waals surface area contributed by atoms with E-state index in [1.54, 1.807) is 0 Å². The fourth-order valence-corrected chi connectivity index (χ4v) is 5.67. The number of benzene rings is 1. The monoisotopic (exact) mass is 554 g/mol. The molecule has 2 aromatic heterocycles. The largest absolute Gasteiger partial charge is 0.493 e. The smallest absolute Gasteiger partial charge is 0.410 e. The van der Waals surface area contributed by atoms with Crippen LogP contribution >= 0.6 is 11.6 Å². The van der Waals surface area contributed by atoms with Crippen LogP contribution in [0.25, 0.3) is 22.3 Å². The van der Waals surface area contributed by atoms with E-state index < -0.39 is 5.60 Å². The first kappa shape index (κ1) is 27.7. The average Bonchev–Trinajstić information content (AvgIpc) is 3.33. The van der Waals surface area contributed by atoms with Gasteiger partial charge in [0.2, 0.25) is 5.28 Å². The second-order valence-electron chi connectivity index (χ2n) is 11.7. The fraction of sp³-hybridized carbons (Fsp3) is 0.567. The molecule has 5 rings (SSSR count). The summed E-state index contributed by atoms with van der Waals surface area (Å²) in [5.74, 6) is 1.42. The van der Waals surface area contributed by atoms with Crippen LogP contribution < -0.4 is 4.74 Å². The van der Waals surface area contributed by atoms with Crippen LogP contribution in [0.4, 0.5) is 4.79 Å². The maximum Gasteiger partial charge on any atom is 0.410 e. The Kier molecular flexibility index (Phi) is 8.33. The number of hydrogen-bond donors (Lipinski definition) is 0. The lowest BCUT2D eigenvalue weighted by Gasteiger charge is -2.33. The maximum atomic E-state index is 12.3. The lowest BCUT2D eigenvalue weighted by atomic mass is 9.94. The molecule has 0 unspecified atom stereocenters. The summed E-state index contributed by atoms with van der Waals surface area (Å²) >= 11 is 6.40. The number of carbonyl (C=O) groups excluding carboxylic acids is 1. The number of likely N-dealkylation sites (tertiary alicyclic amines) is 1. The van der Waals surface area contributed by atoms with E-state index in [0.717, 1.165) is 92.0 Å². The van der Waals surface area contributed by atoms with Crippen molar-refractivity contribution in [2.75, 3.05) is 32.9 Å². The molecule has 0 saturated carbocycles. The van der Waals surface area contributed by atoms with Gasteiger partial charge in [-0.3, -0.25) is 0 Å². The van der Waals surface area contributed by atoms with Gasteiger partial charge in [-0.25, -0.2) is 9.78 Å². The van der Waals surface area contributed by atoms with Gasteiger partial charge in [0.15, 0.2) is 0 Å². The maximum absolute atomic E-state index is 12.3. The van der Waals surface area contributed by atoms with E-state index in [1.165, 1.54) is 0 Å². The predicted octanol–water partition coefficient (Wildman–Crippen LogP) is 6.83. The average molecular weight is 555 g/mol. The molecule has 2 aliphatic heterocycles. The summed E-state index contributed by atoms with van der Waals surface area (Å²) in [6, 6.07) is 8.62. The van der Waals surface area contributed by atoms with E-state index in [0.29, 0.717) is 18.6 Å². The first-order valence-corrected chi connectivity index (χ1v) is 14.4. The summed E-state index contributed by atoms with van der Waals surface area (Å²) < 4.78 is 19.4. The van der Waals surface area contributed by atoms with E-state index in [-0.39, 0.29) is 11.4 Å². The van der Waals surface area contributed by atoms with E-state index in [2.05, 4.69) is 39.8 Å². The minimum absolute atomic E-state index is 0.213. The van der Waals surface area contributed by atoms with Crippen molar-refractivity contribution in [2.45, 2.75) is 71.4 Å². The van der Waals surface area contributed by atoms with Gasteiger partial charge in [0.1, 0.15) is 17.0 Å². The van der Waals surface area contributed by atoms with Gasteiger partial charge in [0.05, 0.1) is 12.3 Å². The molecule has 0 N–H and O–H groups in total. The van der Waals surface area contributed by atoms with Crippen LogP contribution in [0.3, 0.4) is 0 Å². The highest BCUT2D eigenvalue weighted by Gasteiger charge is 2.27. The molecule has 2 saturated heterocycles. The lowest BCUT2D eigenvalue weighted by Crippen LogP contribution is -2.41. The van der Waals surface area contributed by atoms with Gasteiger partial charge in [0.25, 0.3) is 0 Å². The minimum Gasteiger partial charge on any atom is -0.493 e. The summed E-state index contributed by atoms with van der Waals surface area (Å²) in [6.07, 6.45) is 6.72. The topological polar surface area (TPSA) is 78.7 Å².